The van der Waals surface area contributed by atoms with Gasteiger partial charge in [-0.3, -0.25) is 0 Å². The number of hydrogen-bond acceptors (Lipinski definition) is 3. The molecule has 6 heteroatoms. The van der Waals surface area contributed by atoms with Crippen molar-refractivity contribution in [3.05, 3.63) is 18.0 Å². The Morgan fingerprint density at radius 3 is 2.40 bits per heavy atom. The highest BCUT2D eigenvalue weighted by Gasteiger charge is 2.41. The molecule has 0 bridgehead atoms. The van der Waals surface area contributed by atoms with Crippen molar-refractivity contribution in [2.24, 2.45) is 30.5 Å². The van der Waals surface area contributed by atoms with E-state index in [-0.39, 0.29) is 0 Å². The molecule has 2 fully saturated rings. The zero-order valence-corrected chi connectivity index (χ0v) is 12.7. The van der Waals surface area contributed by atoms with Gasteiger partial charge in [0.25, 0.3) is 0 Å². The number of aryl methyl sites for hydroxylation is 1. The minimum absolute atomic E-state index is 0.325. The minimum Gasteiger partial charge on any atom is -0.352 e. The van der Waals surface area contributed by atoms with Crippen molar-refractivity contribution in [1.82, 2.24) is 9.29 Å². The molecule has 0 aliphatic heterocycles. The maximum atomic E-state index is 12.3. The molecule has 2 saturated carbocycles. The molecule has 1 aromatic heterocycles. The van der Waals surface area contributed by atoms with Gasteiger partial charge in [-0.2, -0.15) is 0 Å². The van der Waals surface area contributed by atoms with Crippen LogP contribution >= 0.6 is 0 Å². The molecule has 0 saturated heterocycles. The Bertz CT molecular complexity index is 574. The molecule has 0 amide bonds. The van der Waals surface area contributed by atoms with Crippen LogP contribution in [0.5, 0.6) is 0 Å². The Labute approximate surface area is 120 Å². The first kappa shape index (κ1) is 14.1. The predicted octanol–water partition coefficient (Wildman–Crippen LogP) is 1.20. The third-order valence-electron chi connectivity index (χ3n) is 4.57. The van der Waals surface area contributed by atoms with E-state index >= 15 is 0 Å². The van der Waals surface area contributed by atoms with Crippen molar-refractivity contribution in [1.29, 1.82) is 0 Å². The molecule has 0 unspecified atom stereocenters. The molecule has 0 aromatic carbocycles. The van der Waals surface area contributed by atoms with Gasteiger partial charge in [0.15, 0.2) is 0 Å². The fourth-order valence-corrected chi connectivity index (χ4v) is 4.15. The van der Waals surface area contributed by atoms with Crippen molar-refractivity contribution < 1.29 is 8.42 Å². The lowest BCUT2D eigenvalue weighted by Gasteiger charge is -2.15. The van der Waals surface area contributed by atoms with Gasteiger partial charge in [0.1, 0.15) is 0 Å². The summed E-state index contributed by atoms with van der Waals surface area (Å²) in [5, 5.41) is 0. The lowest BCUT2D eigenvalue weighted by molar-refractivity contribution is 0.401. The van der Waals surface area contributed by atoms with Gasteiger partial charge < -0.3 is 10.3 Å². The van der Waals surface area contributed by atoms with Crippen LogP contribution in [0.1, 0.15) is 31.4 Å². The van der Waals surface area contributed by atoms with Crippen molar-refractivity contribution in [3.63, 3.8) is 0 Å². The Kier molecular flexibility index (Phi) is 3.64. The predicted molar refractivity (Wildman–Crippen MR) is 77.4 cm³/mol. The number of hydrogen-bond donors (Lipinski definition) is 2. The minimum atomic E-state index is -3.40. The van der Waals surface area contributed by atoms with E-state index in [0.29, 0.717) is 23.9 Å². The first-order chi connectivity index (χ1) is 9.51. The maximum absolute atomic E-state index is 12.3. The summed E-state index contributed by atoms with van der Waals surface area (Å²) in [5.74, 6) is 2.05. The van der Waals surface area contributed by atoms with Crippen LogP contribution in [-0.2, 0) is 23.6 Å². The van der Waals surface area contributed by atoms with Crippen molar-refractivity contribution in [2.45, 2.75) is 37.1 Å². The molecule has 5 nitrogen and oxygen atoms in total. The summed E-state index contributed by atoms with van der Waals surface area (Å²) in [5.41, 5.74) is 6.41. The third-order valence-corrected chi connectivity index (χ3v) is 5.96. The van der Waals surface area contributed by atoms with Gasteiger partial charge in [-0.25, -0.2) is 13.1 Å². The summed E-state index contributed by atoms with van der Waals surface area (Å²) in [6.07, 6.45) is 6.71. The van der Waals surface area contributed by atoms with Crippen LogP contribution in [-0.4, -0.2) is 19.5 Å². The van der Waals surface area contributed by atoms with Gasteiger partial charge in [-0.1, -0.05) is 0 Å². The molecule has 0 spiro atoms. The molecule has 0 radical (unpaired) electrons. The number of sulfonamides is 1. The van der Waals surface area contributed by atoms with Crippen LogP contribution < -0.4 is 10.5 Å². The molecular formula is C14H23N3O2S. The Morgan fingerprint density at radius 2 is 1.95 bits per heavy atom. The van der Waals surface area contributed by atoms with Gasteiger partial charge in [-0.05, 0) is 49.5 Å². The van der Waals surface area contributed by atoms with Crippen LogP contribution in [0.25, 0.3) is 0 Å². The van der Waals surface area contributed by atoms with E-state index in [1.807, 2.05) is 7.05 Å². The van der Waals surface area contributed by atoms with Crippen LogP contribution in [0, 0.1) is 17.8 Å². The maximum Gasteiger partial charge on any atom is 0.242 e. The number of nitrogens with two attached hydrogens (primary N) is 1. The molecule has 3 rings (SSSR count). The molecule has 20 heavy (non-hydrogen) atoms. The fraction of sp³-hybridized carbons (Fsp3) is 0.714. The van der Waals surface area contributed by atoms with Crippen LogP contribution in [0.15, 0.2) is 17.2 Å². The van der Waals surface area contributed by atoms with E-state index < -0.39 is 10.0 Å². The van der Waals surface area contributed by atoms with E-state index in [0.717, 1.165) is 17.5 Å². The van der Waals surface area contributed by atoms with Gasteiger partial charge in [0.2, 0.25) is 10.0 Å². The lowest BCUT2D eigenvalue weighted by atomic mass is 9.99. The topological polar surface area (TPSA) is 77.1 Å². The van der Waals surface area contributed by atoms with Crippen LogP contribution in [0.2, 0.25) is 0 Å². The zero-order chi connectivity index (χ0) is 14.3. The largest absolute Gasteiger partial charge is 0.352 e. The molecular weight excluding hydrogens is 274 g/mol. The van der Waals surface area contributed by atoms with E-state index in [1.54, 1.807) is 16.8 Å². The van der Waals surface area contributed by atoms with E-state index in [1.165, 1.54) is 25.7 Å². The molecule has 1 aromatic rings. The van der Waals surface area contributed by atoms with Gasteiger partial charge >= 0.3 is 0 Å². The molecule has 2 aliphatic carbocycles. The Morgan fingerprint density at radius 1 is 1.35 bits per heavy atom. The zero-order valence-electron chi connectivity index (χ0n) is 11.9. The molecule has 0 atom stereocenters. The quantitative estimate of drug-likeness (QED) is 0.794. The fourth-order valence-electron chi connectivity index (χ4n) is 2.98. The monoisotopic (exact) mass is 297 g/mol. The van der Waals surface area contributed by atoms with Crippen molar-refractivity contribution in [3.8, 4) is 0 Å². The van der Waals surface area contributed by atoms with Crippen molar-refractivity contribution >= 4 is 10.0 Å². The van der Waals surface area contributed by atoms with Gasteiger partial charge in [-0.15, -0.1) is 0 Å². The van der Waals surface area contributed by atoms with Crippen LogP contribution in [0.3, 0.4) is 0 Å². The van der Waals surface area contributed by atoms with Crippen LogP contribution in [0.4, 0.5) is 0 Å². The summed E-state index contributed by atoms with van der Waals surface area (Å²) >= 11 is 0. The van der Waals surface area contributed by atoms with Gasteiger partial charge in [0.05, 0.1) is 4.90 Å². The van der Waals surface area contributed by atoms with Crippen molar-refractivity contribution in [2.75, 3.05) is 6.54 Å². The molecule has 2 aliphatic rings. The highest BCUT2D eigenvalue weighted by Crippen LogP contribution is 2.48. The normalized spacial score (nSPS) is 19.8. The standard InChI is InChI=1S/C14H23N3O2S/c1-17-9-13(6-12(17)7-15)20(18,19)16-8-14(10-2-3-10)11-4-5-11/h6,9-11,14,16H,2-5,7-8,15H2,1H3. The lowest BCUT2D eigenvalue weighted by Crippen LogP contribution is -2.31. The first-order valence-electron chi connectivity index (χ1n) is 7.36. The second-order valence-corrected chi connectivity index (χ2v) is 7.94. The number of nitrogens with one attached hydrogen (secondary N) is 1. The van der Waals surface area contributed by atoms with E-state index in [9.17, 15) is 8.42 Å². The molecule has 1 heterocycles. The number of aromatic nitrogens is 1. The summed E-state index contributed by atoms with van der Waals surface area (Å²) < 4.78 is 29.3. The SMILES string of the molecule is Cn1cc(S(=O)(=O)NCC(C2CC2)C2CC2)cc1CN. The summed E-state index contributed by atoms with van der Waals surface area (Å²) in [7, 11) is -1.59. The summed E-state index contributed by atoms with van der Waals surface area (Å²) in [6.45, 7) is 0.934. The highest BCUT2D eigenvalue weighted by molar-refractivity contribution is 7.89. The third kappa shape index (κ3) is 2.92. The smallest absolute Gasteiger partial charge is 0.242 e. The average molecular weight is 297 g/mol. The summed E-state index contributed by atoms with van der Waals surface area (Å²) in [4.78, 5) is 0.325. The number of nitrogens with zero attached hydrogens (tertiary/aromatic N) is 1. The number of rotatable bonds is 7. The average Bonchev–Trinajstić information content (AvgIpc) is 3.29. The second kappa shape index (κ2) is 5.16. The second-order valence-electron chi connectivity index (χ2n) is 6.17. The molecule has 3 N–H and O–H groups in total. The highest BCUT2D eigenvalue weighted by atomic mass is 32.2. The van der Waals surface area contributed by atoms with E-state index in [4.69, 9.17) is 5.73 Å². The summed E-state index contributed by atoms with van der Waals surface area (Å²) in [6, 6.07) is 1.66. The van der Waals surface area contributed by atoms with E-state index in [2.05, 4.69) is 4.72 Å². The Hall–Kier alpha value is -0.850. The Balaban J connectivity index is 1.67. The van der Waals surface area contributed by atoms with Gasteiger partial charge in [0, 0.05) is 32.0 Å². The first-order valence-corrected chi connectivity index (χ1v) is 8.84. The molecule has 112 valence electrons.